The van der Waals surface area contributed by atoms with Gasteiger partial charge < -0.3 is 0 Å². The van der Waals surface area contributed by atoms with E-state index < -0.39 is 0 Å². The molecule has 0 spiro atoms. The van der Waals surface area contributed by atoms with Gasteiger partial charge in [-0.3, -0.25) is 4.79 Å². The van der Waals surface area contributed by atoms with Crippen LogP contribution >= 0.6 is 0 Å². The number of hydrogen-bond donors (Lipinski definition) is 0. The summed E-state index contributed by atoms with van der Waals surface area (Å²) in [5, 5.41) is 8.18. The molecule has 6 nitrogen and oxygen atoms in total. The fourth-order valence-electron chi connectivity index (χ4n) is 1.72. The first kappa shape index (κ1) is 9.71. The van der Waals surface area contributed by atoms with E-state index >= 15 is 0 Å². The maximum Gasteiger partial charge on any atom is 0.163 e. The van der Waals surface area contributed by atoms with E-state index in [0.717, 1.165) is 11.2 Å². The van der Waals surface area contributed by atoms with Crippen LogP contribution in [0.4, 0.5) is 0 Å². The van der Waals surface area contributed by atoms with Gasteiger partial charge in [-0.2, -0.15) is 10.2 Å². The summed E-state index contributed by atoms with van der Waals surface area (Å²) in [4.78, 5) is 15.2. The van der Waals surface area contributed by atoms with Crippen molar-refractivity contribution in [1.82, 2.24) is 24.4 Å². The normalized spacial score (nSPS) is 10.9. The molecule has 0 N–H and O–H groups in total. The summed E-state index contributed by atoms with van der Waals surface area (Å²) in [6, 6.07) is 3.72. The molecule has 0 amide bonds. The molecule has 84 valence electrons. The van der Waals surface area contributed by atoms with Gasteiger partial charge in [-0.05, 0) is 19.1 Å². The van der Waals surface area contributed by atoms with Crippen LogP contribution in [0.1, 0.15) is 17.3 Å². The summed E-state index contributed by atoms with van der Waals surface area (Å²) in [7, 11) is 0. The summed E-state index contributed by atoms with van der Waals surface area (Å²) in [5.41, 5.74) is 2.25. The van der Waals surface area contributed by atoms with Crippen molar-refractivity contribution < 1.29 is 4.79 Å². The molecule has 17 heavy (non-hydrogen) atoms. The molecule has 0 aliphatic rings. The Morgan fingerprint density at radius 1 is 1.29 bits per heavy atom. The lowest BCUT2D eigenvalue weighted by Crippen LogP contribution is -1.98. The van der Waals surface area contributed by atoms with Gasteiger partial charge >= 0.3 is 0 Å². The molecule has 0 unspecified atom stereocenters. The second-order valence-electron chi connectivity index (χ2n) is 3.67. The van der Waals surface area contributed by atoms with Gasteiger partial charge in [-0.15, -0.1) is 0 Å². The van der Waals surface area contributed by atoms with Crippen LogP contribution in [0, 0.1) is 0 Å². The van der Waals surface area contributed by atoms with Crippen molar-refractivity contribution in [2.75, 3.05) is 0 Å². The molecule has 0 aliphatic carbocycles. The largest absolute Gasteiger partial charge is 0.294 e. The highest BCUT2D eigenvalue weighted by molar-refractivity contribution is 6.00. The van der Waals surface area contributed by atoms with Crippen molar-refractivity contribution >= 4 is 11.3 Å². The maximum atomic E-state index is 11.4. The summed E-state index contributed by atoms with van der Waals surface area (Å²) < 4.78 is 3.29. The Kier molecular flexibility index (Phi) is 2.01. The maximum absolute atomic E-state index is 11.4. The zero-order valence-corrected chi connectivity index (χ0v) is 9.11. The SMILES string of the molecule is CC(=O)c1cnn2cc(-n3cncn3)ccc12. The first-order valence-electron chi connectivity index (χ1n) is 5.09. The van der Waals surface area contributed by atoms with E-state index in [1.807, 2.05) is 12.1 Å². The van der Waals surface area contributed by atoms with Crippen molar-refractivity contribution in [3.05, 3.63) is 42.7 Å². The van der Waals surface area contributed by atoms with Crippen molar-refractivity contribution in [2.24, 2.45) is 0 Å². The van der Waals surface area contributed by atoms with E-state index in [4.69, 9.17) is 0 Å². The van der Waals surface area contributed by atoms with Crippen LogP contribution < -0.4 is 0 Å². The molecule has 0 aliphatic heterocycles. The average Bonchev–Trinajstić information content (AvgIpc) is 2.97. The van der Waals surface area contributed by atoms with Gasteiger partial charge in [-0.25, -0.2) is 14.2 Å². The molecule has 3 aromatic rings. The van der Waals surface area contributed by atoms with Gasteiger partial charge in [-0.1, -0.05) is 0 Å². The minimum Gasteiger partial charge on any atom is -0.294 e. The molecule has 0 aromatic carbocycles. The van der Waals surface area contributed by atoms with Crippen LogP contribution in [0.25, 0.3) is 11.2 Å². The fourth-order valence-corrected chi connectivity index (χ4v) is 1.72. The second-order valence-corrected chi connectivity index (χ2v) is 3.67. The lowest BCUT2D eigenvalue weighted by molar-refractivity contribution is 0.101. The molecule has 6 heteroatoms. The zero-order chi connectivity index (χ0) is 11.8. The van der Waals surface area contributed by atoms with Crippen LogP contribution in [0.3, 0.4) is 0 Å². The van der Waals surface area contributed by atoms with Gasteiger partial charge in [0.25, 0.3) is 0 Å². The zero-order valence-electron chi connectivity index (χ0n) is 9.11. The molecule has 3 heterocycles. The molecule has 0 atom stereocenters. The number of nitrogens with zero attached hydrogens (tertiary/aromatic N) is 5. The molecule has 3 rings (SSSR count). The molecule has 0 bridgehead atoms. The van der Waals surface area contributed by atoms with Crippen molar-refractivity contribution in [2.45, 2.75) is 6.92 Å². The smallest absolute Gasteiger partial charge is 0.163 e. The van der Waals surface area contributed by atoms with Crippen LogP contribution in [-0.2, 0) is 0 Å². The monoisotopic (exact) mass is 227 g/mol. The highest BCUT2D eigenvalue weighted by Crippen LogP contribution is 2.14. The third-order valence-corrected chi connectivity index (χ3v) is 2.56. The summed E-state index contributed by atoms with van der Waals surface area (Å²) in [6.45, 7) is 1.53. The van der Waals surface area contributed by atoms with Crippen LogP contribution in [0.15, 0.2) is 37.2 Å². The molecule has 0 fully saturated rings. The first-order chi connectivity index (χ1) is 8.25. The molecule has 0 radical (unpaired) electrons. The number of carbonyl (C=O) groups is 1. The Bertz CT molecular complexity index is 683. The van der Waals surface area contributed by atoms with Crippen molar-refractivity contribution in [3.8, 4) is 5.69 Å². The summed E-state index contributed by atoms with van der Waals surface area (Å²) >= 11 is 0. The average molecular weight is 227 g/mol. The Hall–Kier alpha value is -2.50. The number of aromatic nitrogens is 5. The minimum atomic E-state index is 0.00788. The number of ketones is 1. The first-order valence-corrected chi connectivity index (χ1v) is 5.09. The summed E-state index contributed by atoms with van der Waals surface area (Å²) in [5.74, 6) is 0.00788. The molecule has 0 saturated carbocycles. The van der Waals surface area contributed by atoms with E-state index in [1.54, 1.807) is 27.9 Å². The highest BCUT2D eigenvalue weighted by atomic mass is 16.1. The topological polar surface area (TPSA) is 65.1 Å². The predicted molar refractivity (Wildman–Crippen MR) is 60.1 cm³/mol. The highest BCUT2D eigenvalue weighted by Gasteiger charge is 2.08. The lowest BCUT2D eigenvalue weighted by Gasteiger charge is -2.01. The van der Waals surface area contributed by atoms with E-state index in [-0.39, 0.29) is 5.78 Å². The van der Waals surface area contributed by atoms with Crippen LogP contribution in [0.2, 0.25) is 0 Å². The third-order valence-electron chi connectivity index (χ3n) is 2.56. The fraction of sp³-hybridized carbons (Fsp3) is 0.0909. The molecular formula is C11H9N5O. The number of Topliss-reactive ketones (excluding diaryl/α,β-unsaturated/α-hetero) is 1. The van der Waals surface area contributed by atoms with Gasteiger partial charge in [0.2, 0.25) is 0 Å². The third kappa shape index (κ3) is 1.50. The van der Waals surface area contributed by atoms with Crippen molar-refractivity contribution in [1.29, 1.82) is 0 Å². The minimum absolute atomic E-state index is 0.00788. The number of rotatable bonds is 2. The van der Waals surface area contributed by atoms with Crippen LogP contribution in [0.5, 0.6) is 0 Å². The number of pyridine rings is 1. The van der Waals surface area contributed by atoms with Gasteiger partial charge in [0.05, 0.1) is 29.2 Å². The van der Waals surface area contributed by atoms with E-state index in [1.165, 1.54) is 13.3 Å². The molecule has 0 saturated heterocycles. The number of hydrogen-bond acceptors (Lipinski definition) is 4. The Labute approximate surface area is 96.5 Å². The summed E-state index contributed by atoms with van der Waals surface area (Å²) in [6.07, 6.45) is 6.45. The van der Waals surface area contributed by atoms with Crippen molar-refractivity contribution in [3.63, 3.8) is 0 Å². The van der Waals surface area contributed by atoms with E-state index in [9.17, 15) is 4.79 Å². The van der Waals surface area contributed by atoms with Gasteiger partial charge in [0.15, 0.2) is 5.78 Å². The van der Waals surface area contributed by atoms with E-state index in [2.05, 4.69) is 15.2 Å². The Morgan fingerprint density at radius 2 is 2.18 bits per heavy atom. The number of carbonyl (C=O) groups excluding carboxylic acids is 1. The second kappa shape index (κ2) is 3.51. The van der Waals surface area contributed by atoms with Gasteiger partial charge in [0.1, 0.15) is 12.7 Å². The Morgan fingerprint density at radius 3 is 2.88 bits per heavy atom. The lowest BCUT2D eigenvalue weighted by atomic mass is 10.2. The molecule has 3 aromatic heterocycles. The van der Waals surface area contributed by atoms with Gasteiger partial charge in [0, 0.05) is 0 Å². The molecular weight excluding hydrogens is 218 g/mol. The predicted octanol–water partition coefficient (Wildman–Crippen LogP) is 1.12. The quantitative estimate of drug-likeness (QED) is 0.615. The Balaban J connectivity index is 2.18. The number of fused-ring (bicyclic) bond motifs is 1. The van der Waals surface area contributed by atoms with E-state index in [0.29, 0.717) is 5.56 Å². The van der Waals surface area contributed by atoms with Crippen LogP contribution in [-0.4, -0.2) is 30.2 Å². The standard InChI is InChI=1S/C11H9N5O/c1-8(17)10-4-13-15-5-9(2-3-11(10)15)16-7-12-6-14-16/h2-7H,1H3.